The molecule has 0 amide bonds. The van der Waals surface area contributed by atoms with Crippen LogP contribution in [0.4, 0.5) is 0 Å². The summed E-state index contributed by atoms with van der Waals surface area (Å²) in [6.45, 7) is 2.33. The molecule has 1 aliphatic heterocycles. The van der Waals surface area contributed by atoms with Crippen molar-refractivity contribution in [1.29, 1.82) is 0 Å². The van der Waals surface area contributed by atoms with Gasteiger partial charge in [-0.25, -0.2) is 4.31 Å². The fourth-order valence-electron chi connectivity index (χ4n) is 1.62. The molecule has 1 saturated carbocycles. The number of fused-ring (bicyclic) bond motifs is 1. The smallest absolute Gasteiger partial charge is 0.0338 e. The van der Waals surface area contributed by atoms with Crippen LogP contribution in [0.15, 0.2) is 0 Å². The normalized spacial score (nSPS) is 49.3. The standard InChI is InChI=1S/C6H12N2S/c1-9-8-3-5-2-6(5,7)4-8/h5H,2-4,7H2,1H3. The number of hydrogen-bond donors (Lipinski definition) is 1. The summed E-state index contributed by atoms with van der Waals surface area (Å²) in [7, 11) is 0. The number of rotatable bonds is 1. The van der Waals surface area contributed by atoms with Crippen LogP contribution in [0.3, 0.4) is 0 Å². The summed E-state index contributed by atoms with van der Waals surface area (Å²) in [5.41, 5.74) is 6.20. The van der Waals surface area contributed by atoms with Crippen LogP contribution < -0.4 is 5.73 Å². The maximum absolute atomic E-state index is 5.96. The first-order chi connectivity index (χ1) is 4.24. The van der Waals surface area contributed by atoms with Gasteiger partial charge in [-0.05, 0) is 18.6 Å². The zero-order valence-corrected chi connectivity index (χ0v) is 6.45. The Balaban J connectivity index is 1.98. The number of hydrogen-bond acceptors (Lipinski definition) is 3. The van der Waals surface area contributed by atoms with E-state index in [0.29, 0.717) is 0 Å². The molecule has 0 aromatic heterocycles. The minimum atomic E-state index is 0.239. The van der Waals surface area contributed by atoms with Crippen LogP contribution in [-0.2, 0) is 0 Å². The molecule has 0 spiro atoms. The molecule has 0 aromatic rings. The van der Waals surface area contributed by atoms with E-state index in [9.17, 15) is 0 Å². The molecule has 0 radical (unpaired) electrons. The van der Waals surface area contributed by atoms with E-state index in [-0.39, 0.29) is 5.54 Å². The third-order valence-corrected chi connectivity index (χ3v) is 3.23. The SMILES string of the molecule is CSN1CC2CC2(N)C1. The minimum absolute atomic E-state index is 0.239. The van der Waals surface area contributed by atoms with Crippen molar-refractivity contribution in [3.8, 4) is 0 Å². The molecule has 1 heterocycles. The van der Waals surface area contributed by atoms with Crippen LogP contribution in [0.2, 0.25) is 0 Å². The fourth-order valence-corrected chi connectivity index (χ4v) is 2.32. The van der Waals surface area contributed by atoms with Gasteiger partial charge in [0.05, 0.1) is 0 Å². The molecule has 1 saturated heterocycles. The number of nitrogens with zero attached hydrogens (tertiary/aromatic N) is 1. The quantitative estimate of drug-likeness (QED) is 0.537. The lowest BCUT2D eigenvalue weighted by Crippen LogP contribution is -2.29. The van der Waals surface area contributed by atoms with Gasteiger partial charge in [-0.15, -0.1) is 0 Å². The molecule has 0 aromatic carbocycles. The maximum atomic E-state index is 5.96. The first-order valence-corrected chi connectivity index (χ1v) is 4.51. The summed E-state index contributed by atoms with van der Waals surface area (Å²) < 4.78 is 2.36. The summed E-state index contributed by atoms with van der Waals surface area (Å²) in [5, 5.41) is 0. The second kappa shape index (κ2) is 1.65. The Hall–Kier alpha value is 0.270. The van der Waals surface area contributed by atoms with Crippen LogP contribution in [0.5, 0.6) is 0 Å². The Morgan fingerprint density at radius 1 is 1.78 bits per heavy atom. The van der Waals surface area contributed by atoms with Crippen molar-refractivity contribution in [2.45, 2.75) is 12.0 Å². The highest BCUT2D eigenvalue weighted by Gasteiger charge is 2.57. The second-order valence-electron chi connectivity index (χ2n) is 3.14. The molecule has 2 rings (SSSR count). The van der Waals surface area contributed by atoms with Gasteiger partial charge in [0.15, 0.2) is 0 Å². The Labute approximate surface area is 59.9 Å². The molecule has 2 nitrogen and oxygen atoms in total. The van der Waals surface area contributed by atoms with E-state index in [1.165, 1.54) is 13.0 Å². The third kappa shape index (κ3) is 0.791. The minimum Gasteiger partial charge on any atom is -0.324 e. The zero-order valence-electron chi connectivity index (χ0n) is 5.63. The van der Waals surface area contributed by atoms with Gasteiger partial charge < -0.3 is 5.73 Å². The van der Waals surface area contributed by atoms with E-state index >= 15 is 0 Å². The summed E-state index contributed by atoms with van der Waals surface area (Å²) in [4.78, 5) is 0. The van der Waals surface area contributed by atoms with Gasteiger partial charge in [0.2, 0.25) is 0 Å². The van der Waals surface area contributed by atoms with Crippen molar-refractivity contribution in [1.82, 2.24) is 4.31 Å². The summed E-state index contributed by atoms with van der Waals surface area (Å²) in [6.07, 6.45) is 3.39. The molecule has 1 aliphatic carbocycles. The van der Waals surface area contributed by atoms with Crippen LogP contribution in [0.25, 0.3) is 0 Å². The van der Waals surface area contributed by atoms with Crippen LogP contribution in [0.1, 0.15) is 6.42 Å². The van der Waals surface area contributed by atoms with Gasteiger partial charge in [0.25, 0.3) is 0 Å². The molecule has 2 aliphatic rings. The summed E-state index contributed by atoms with van der Waals surface area (Å²) >= 11 is 1.82. The highest BCUT2D eigenvalue weighted by Crippen LogP contribution is 2.48. The molecular formula is C6H12N2S. The topological polar surface area (TPSA) is 29.3 Å². The second-order valence-corrected chi connectivity index (χ2v) is 4.02. The van der Waals surface area contributed by atoms with E-state index in [1.54, 1.807) is 0 Å². The Kier molecular flexibility index (Phi) is 1.10. The predicted octanol–water partition coefficient (Wildman–Crippen LogP) is 0.297. The molecule has 0 bridgehead atoms. The van der Waals surface area contributed by atoms with E-state index in [2.05, 4.69) is 10.6 Å². The van der Waals surface area contributed by atoms with Crippen LogP contribution >= 0.6 is 11.9 Å². The molecular weight excluding hydrogens is 132 g/mol. The molecule has 2 atom stereocenters. The van der Waals surface area contributed by atoms with Crippen molar-refractivity contribution < 1.29 is 0 Å². The van der Waals surface area contributed by atoms with E-state index < -0.39 is 0 Å². The van der Waals surface area contributed by atoms with E-state index in [1.807, 2.05) is 11.9 Å². The first kappa shape index (κ1) is 6.01. The van der Waals surface area contributed by atoms with Crippen molar-refractivity contribution in [3.63, 3.8) is 0 Å². The molecule has 2 N–H and O–H groups in total. The summed E-state index contributed by atoms with van der Waals surface area (Å²) in [6, 6.07) is 0. The lowest BCUT2D eigenvalue weighted by Gasteiger charge is -2.13. The van der Waals surface area contributed by atoms with Gasteiger partial charge in [-0.3, -0.25) is 0 Å². The Morgan fingerprint density at radius 3 is 2.89 bits per heavy atom. The van der Waals surface area contributed by atoms with Gasteiger partial charge >= 0.3 is 0 Å². The number of nitrogens with two attached hydrogens (primary N) is 1. The van der Waals surface area contributed by atoms with Gasteiger partial charge in [0.1, 0.15) is 0 Å². The Bertz CT molecular complexity index is 139. The highest BCUT2D eigenvalue weighted by atomic mass is 32.2. The zero-order chi connectivity index (χ0) is 6.48. The van der Waals surface area contributed by atoms with Gasteiger partial charge in [-0.1, -0.05) is 11.9 Å². The number of piperidine rings is 1. The largest absolute Gasteiger partial charge is 0.324 e. The van der Waals surface area contributed by atoms with E-state index in [0.717, 1.165) is 12.5 Å². The van der Waals surface area contributed by atoms with E-state index in [4.69, 9.17) is 5.73 Å². The Morgan fingerprint density at radius 2 is 2.56 bits per heavy atom. The van der Waals surface area contributed by atoms with Gasteiger partial charge in [-0.2, -0.15) is 0 Å². The first-order valence-electron chi connectivity index (χ1n) is 3.32. The monoisotopic (exact) mass is 144 g/mol. The predicted molar refractivity (Wildman–Crippen MR) is 40.1 cm³/mol. The molecule has 52 valence electrons. The van der Waals surface area contributed by atoms with Crippen LogP contribution in [-0.4, -0.2) is 29.2 Å². The highest BCUT2D eigenvalue weighted by molar-refractivity contribution is 7.96. The van der Waals surface area contributed by atoms with Crippen molar-refractivity contribution in [2.24, 2.45) is 11.7 Å². The lowest BCUT2D eigenvalue weighted by atomic mass is 10.3. The lowest BCUT2D eigenvalue weighted by molar-refractivity contribution is 0.500. The van der Waals surface area contributed by atoms with Crippen molar-refractivity contribution in [3.05, 3.63) is 0 Å². The van der Waals surface area contributed by atoms with Crippen LogP contribution in [0, 0.1) is 5.92 Å². The van der Waals surface area contributed by atoms with Crippen molar-refractivity contribution in [2.75, 3.05) is 19.3 Å². The average Bonchev–Trinajstić information content (AvgIpc) is 2.33. The average molecular weight is 144 g/mol. The third-order valence-electron chi connectivity index (χ3n) is 2.43. The molecule has 2 fully saturated rings. The summed E-state index contributed by atoms with van der Waals surface area (Å²) in [5.74, 6) is 0.824. The molecule has 2 unspecified atom stereocenters. The molecule has 3 heteroatoms. The molecule has 9 heavy (non-hydrogen) atoms. The van der Waals surface area contributed by atoms with Crippen molar-refractivity contribution >= 4 is 11.9 Å². The fraction of sp³-hybridized carbons (Fsp3) is 1.00. The maximum Gasteiger partial charge on any atom is 0.0338 e. The van der Waals surface area contributed by atoms with Gasteiger partial charge in [0, 0.05) is 18.6 Å².